The Morgan fingerprint density at radius 3 is 2.56 bits per heavy atom. The second-order valence-electron chi connectivity index (χ2n) is 6.58. The summed E-state index contributed by atoms with van der Waals surface area (Å²) in [4.78, 5) is 26.7. The lowest BCUT2D eigenvalue weighted by Gasteiger charge is -2.25. The van der Waals surface area contributed by atoms with Gasteiger partial charge in [0.05, 0.1) is 18.0 Å². The van der Waals surface area contributed by atoms with Crippen molar-refractivity contribution in [3.63, 3.8) is 0 Å². The highest BCUT2D eigenvalue weighted by Gasteiger charge is 2.15. The summed E-state index contributed by atoms with van der Waals surface area (Å²) in [6.45, 7) is 0.689. The van der Waals surface area contributed by atoms with Crippen LogP contribution in [0.5, 0.6) is 0 Å². The molecular weight excluding hydrogens is 342 g/mol. The normalized spacial score (nSPS) is 12.3. The molecule has 0 saturated heterocycles. The van der Waals surface area contributed by atoms with Gasteiger partial charge in [-0.1, -0.05) is 47.7 Å². The second kappa shape index (κ2) is 8.55. The van der Waals surface area contributed by atoms with Crippen molar-refractivity contribution >= 4 is 16.8 Å². The molecule has 0 bridgehead atoms. The van der Waals surface area contributed by atoms with Gasteiger partial charge in [0.2, 0.25) is 5.91 Å². The summed E-state index contributed by atoms with van der Waals surface area (Å²) in [7, 11) is 3.96. The average molecular weight is 365 g/mol. The molecule has 0 saturated carbocycles. The van der Waals surface area contributed by atoms with Crippen LogP contribution in [-0.2, 0) is 11.3 Å². The van der Waals surface area contributed by atoms with Crippen molar-refractivity contribution < 1.29 is 4.79 Å². The van der Waals surface area contributed by atoms with E-state index in [1.54, 1.807) is 18.2 Å². The number of aryl methyl sites for hydroxylation is 1. The van der Waals surface area contributed by atoms with Gasteiger partial charge in [-0.15, -0.1) is 5.10 Å². The van der Waals surface area contributed by atoms with E-state index in [-0.39, 0.29) is 30.5 Å². The predicted octanol–water partition coefficient (Wildman–Crippen LogP) is 1.60. The fourth-order valence-electron chi connectivity index (χ4n) is 2.95. The second-order valence-corrected chi connectivity index (χ2v) is 6.58. The number of carbonyl (C=O) groups excluding carboxylic acids is 1. The minimum absolute atomic E-state index is 0.0818. The fraction of sp³-hybridized carbons (Fsp3) is 0.300. The first-order valence-corrected chi connectivity index (χ1v) is 8.87. The van der Waals surface area contributed by atoms with Crippen LogP contribution >= 0.6 is 0 Å². The van der Waals surface area contributed by atoms with Gasteiger partial charge in [0.1, 0.15) is 5.52 Å². The van der Waals surface area contributed by atoms with Crippen LogP contribution < -0.4 is 10.9 Å². The smallest absolute Gasteiger partial charge is 0.277 e. The number of aromatic nitrogens is 3. The molecule has 0 aliphatic rings. The third-order valence-corrected chi connectivity index (χ3v) is 4.48. The maximum atomic E-state index is 12.4. The van der Waals surface area contributed by atoms with Crippen LogP contribution in [0.4, 0.5) is 0 Å². The SMILES string of the molecule is CN(C)C(CNC(=O)CCn1nnc2ccccc2c1=O)c1ccccc1. The van der Waals surface area contributed by atoms with Gasteiger partial charge in [0, 0.05) is 13.0 Å². The van der Waals surface area contributed by atoms with Gasteiger partial charge in [0.15, 0.2) is 0 Å². The van der Waals surface area contributed by atoms with Crippen molar-refractivity contribution in [2.75, 3.05) is 20.6 Å². The summed E-state index contributed by atoms with van der Waals surface area (Å²) in [5.41, 5.74) is 1.46. The molecule has 0 radical (unpaired) electrons. The zero-order valence-electron chi connectivity index (χ0n) is 15.5. The monoisotopic (exact) mass is 365 g/mol. The lowest BCUT2D eigenvalue weighted by molar-refractivity contribution is -0.121. The number of hydrogen-bond donors (Lipinski definition) is 1. The van der Waals surface area contributed by atoms with Gasteiger partial charge in [-0.25, -0.2) is 4.68 Å². The molecule has 1 aromatic heterocycles. The fourth-order valence-corrected chi connectivity index (χ4v) is 2.95. The Balaban J connectivity index is 1.60. The van der Waals surface area contributed by atoms with Gasteiger partial charge in [-0.05, 0) is 31.8 Å². The summed E-state index contributed by atoms with van der Waals surface area (Å²) < 4.78 is 1.24. The van der Waals surface area contributed by atoms with Gasteiger partial charge in [-0.2, -0.15) is 0 Å². The molecule has 3 rings (SSSR count). The molecule has 1 heterocycles. The van der Waals surface area contributed by atoms with Crippen LogP contribution in [0.1, 0.15) is 18.0 Å². The summed E-state index contributed by atoms with van der Waals surface area (Å²) in [5.74, 6) is -0.125. The Morgan fingerprint density at radius 1 is 1.11 bits per heavy atom. The van der Waals surface area contributed by atoms with Crippen molar-refractivity contribution in [1.82, 2.24) is 25.2 Å². The van der Waals surface area contributed by atoms with Gasteiger partial charge >= 0.3 is 0 Å². The van der Waals surface area contributed by atoms with Crippen LogP contribution in [0.3, 0.4) is 0 Å². The summed E-state index contributed by atoms with van der Waals surface area (Å²) in [6.07, 6.45) is 0.169. The highest BCUT2D eigenvalue weighted by molar-refractivity contribution is 5.77. The average Bonchev–Trinajstić information content (AvgIpc) is 2.68. The minimum atomic E-state index is -0.233. The quantitative estimate of drug-likeness (QED) is 0.688. The molecular formula is C20H23N5O2. The van der Waals surface area contributed by atoms with Crippen LogP contribution in [-0.4, -0.2) is 46.4 Å². The molecule has 0 fully saturated rings. The van der Waals surface area contributed by atoms with Crippen LogP contribution in [0.2, 0.25) is 0 Å². The Bertz CT molecular complexity index is 969. The van der Waals surface area contributed by atoms with Crippen LogP contribution in [0.15, 0.2) is 59.4 Å². The lowest BCUT2D eigenvalue weighted by Crippen LogP contribution is -2.35. The number of carbonyl (C=O) groups is 1. The largest absolute Gasteiger partial charge is 0.354 e. The van der Waals surface area contributed by atoms with Crippen molar-refractivity contribution in [3.8, 4) is 0 Å². The number of fused-ring (bicyclic) bond motifs is 1. The van der Waals surface area contributed by atoms with Gasteiger partial charge in [0.25, 0.3) is 5.56 Å². The van der Waals surface area contributed by atoms with E-state index in [9.17, 15) is 9.59 Å². The summed E-state index contributed by atoms with van der Waals surface area (Å²) >= 11 is 0. The molecule has 7 heteroatoms. The highest BCUT2D eigenvalue weighted by atomic mass is 16.2. The minimum Gasteiger partial charge on any atom is -0.354 e. The van der Waals surface area contributed by atoms with Gasteiger partial charge in [-0.3, -0.25) is 9.59 Å². The molecule has 0 aliphatic carbocycles. The maximum absolute atomic E-state index is 12.4. The Hall–Kier alpha value is -3.06. The van der Waals surface area contributed by atoms with Crippen LogP contribution in [0.25, 0.3) is 10.9 Å². The number of amides is 1. The molecule has 27 heavy (non-hydrogen) atoms. The predicted molar refractivity (Wildman–Crippen MR) is 104 cm³/mol. The topological polar surface area (TPSA) is 80.1 Å². The number of benzene rings is 2. The maximum Gasteiger partial charge on any atom is 0.277 e. The molecule has 2 aromatic carbocycles. The molecule has 1 atom stereocenters. The summed E-state index contributed by atoms with van der Waals surface area (Å²) in [5, 5.41) is 11.4. The van der Waals surface area contributed by atoms with Crippen molar-refractivity contribution in [3.05, 3.63) is 70.5 Å². The van der Waals surface area contributed by atoms with E-state index in [0.29, 0.717) is 17.4 Å². The molecule has 0 spiro atoms. The van der Waals surface area contributed by atoms with Crippen molar-refractivity contribution in [2.45, 2.75) is 19.0 Å². The Kier molecular flexibility index (Phi) is 5.93. The van der Waals surface area contributed by atoms with E-state index in [0.717, 1.165) is 5.56 Å². The Labute approximate surface area is 157 Å². The zero-order chi connectivity index (χ0) is 19.2. The summed E-state index contributed by atoms with van der Waals surface area (Å²) in [6, 6.07) is 17.2. The molecule has 3 aromatic rings. The third kappa shape index (κ3) is 4.57. The molecule has 1 N–H and O–H groups in total. The van der Waals surface area contributed by atoms with E-state index in [1.165, 1.54) is 4.68 Å². The van der Waals surface area contributed by atoms with Gasteiger partial charge < -0.3 is 10.2 Å². The van der Waals surface area contributed by atoms with E-state index in [1.807, 2.05) is 50.5 Å². The van der Waals surface area contributed by atoms with Crippen molar-refractivity contribution in [2.24, 2.45) is 0 Å². The van der Waals surface area contributed by atoms with E-state index in [2.05, 4.69) is 20.5 Å². The molecule has 1 unspecified atom stereocenters. The molecule has 7 nitrogen and oxygen atoms in total. The number of rotatable bonds is 7. The number of likely N-dealkylation sites (N-methyl/N-ethyl adjacent to an activating group) is 1. The first-order valence-electron chi connectivity index (χ1n) is 8.87. The first-order chi connectivity index (χ1) is 13.1. The number of hydrogen-bond acceptors (Lipinski definition) is 5. The highest BCUT2D eigenvalue weighted by Crippen LogP contribution is 2.16. The van der Waals surface area contributed by atoms with E-state index in [4.69, 9.17) is 0 Å². The van der Waals surface area contributed by atoms with E-state index < -0.39 is 0 Å². The standard InChI is InChI=1S/C20H23N5O2/c1-24(2)18(15-8-4-3-5-9-15)14-21-19(26)12-13-25-20(27)16-10-6-7-11-17(16)22-23-25/h3-11,18H,12-14H2,1-2H3,(H,21,26). The molecule has 1 amide bonds. The lowest BCUT2D eigenvalue weighted by atomic mass is 10.1. The molecule has 140 valence electrons. The number of nitrogens with one attached hydrogen (secondary N) is 1. The van der Waals surface area contributed by atoms with E-state index >= 15 is 0 Å². The van der Waals surface area contributed by atoms with Crippen LogP contribution in [0, 0.1) is 0 Å². The third-order valence-electron chi connectivity index (χ3n) is 4.48. The van der Waals surface area contributed by atoms with Crippen molar-refractivity contribution in [1.29, 1.82) is 0 Å². The number of nitrogens with zero attached hydrogens (tertiary/aromatic N) is 4. The zero-order valence-corrected chi connectivity index (χ0v) is 15.5. The first kappa shape index (κ1) is 18.7. The Morgan fingerprint density at radius 2 is 1.81 bits per heavy atom. The molecule has 0 aliphatic heterocycles.